The Labute approximate surface area is 152 Å². The van der Waals surface area contributed by atoms with Crippen LogP contribution in [0.4, 0.5) is 0 Å². The third kappa shape index (κ3) is 5.02. The molecule has 0 radical (unpaired) electrons. The molecular weight excluding hydrogens is 328 g/mol. The first kappa shape index (κ1) is 17.4. The lowest BCUT2D eigenvalue weighted by atomic mass is 10.2. The fourth-order valence-electron chi connectivity index (χ4n) is 2.74. The fraction of sp³-hybridized carbons (Fsp3) is 0.300. The molecule has 0 unspecified atom stereocenters. The average Bonchev–Trinajstić information content (AvgIpc) is 3.28. The molecule has 0 saturated heterocycles. The van der Waals surface area contributed by atoms with Crippen LogP contribution in [0.3, 0.4) is 0 Å². The second-order valence-electron chi connectivity index (χ2n) is 5.96. The van der Waals surface area contributed by atoms with Crippen LogP contribution in [0.1, 0.15) is 30.4 Å². The lowest BCUT2D eigenvalue weighted by Crippen LogP contribution is -2.14. The van der Waals surface area contributed by atoms with Crippen LogP contribution >= 0.6 is 11.3 Å². The molecule has 0 spiro atoms. The number of thiophene rings is 1. The molecule has 2 heterocycles. The van der Waals surface area contributed by atoms with Gasteiger partial charge in [-0.2, -0.15) is 10.4 Å². The van der Waals surface area contributed by atoms with Crippen molar-refractivity contribution in [3.63, 3.8) is 0 Å². The molecule has 0 aliphatic carbocycles. The molecule has 5 heteroatoms. The minimum Gasteiger partial charge on any atom is -0.313 e. The Kier molecular flexibility index (Phi) is 6.38. The summed E-state index contributed by atoms with van der Waals surface area (Å²) in [6, 6.07) is 16.8. The van der Waals surface area contributed by atoms with E-state index in [4.69, 9.17) is 10.4 Å². The Hall–Kier alpha value is -2.42. The van der Waals surface area contributed by atoms with Gasteiger partial charge in [-0.05, 0) is 36.4 Å². The largest absolute Gasteiger partial charge is 0.313 e. The van der Waals surface area contributed by atoms with Crippen molar-refractivity contribution in [3.8, 4) is 16.6 Å². The molecule has 3 aromatic rings. The third-order valence-electron chi connectivity index (χ3n) is 3.99. The van der Waals surface area contributed by atoms with Crippen molar-refractivity contribution >= 4 is 11.3 Å². The monoisotopic (exact) mass is 350 g/mol. The minimum absolute atomic E-state index is 0.636. The zero-order chi connectivity index (χ0) is 17.3. The molecule has 0 atom stereocenters. The van der Waals surface area contributed by atoms with E-state index in [0.717, 1.165) is 38.2 Å². The third-order valence-corrected chi connectivity index (χ3v) is 4.86. The van der Waals surface area contributed by atoms with Gasteiger partial charge in [0.2, 0.25) is 0 Å². The highest BCUT2D eigenvalue weighted by atomic mass is 32.1. The number of rotatable bonds is 9. The highest BCUT2D eigenvalue weighted by Gasteiger charge is 2.12. The van der Waals surface area contributed by atoms with Crippen LogP contribution in [-0.2, 0) is 13.1 Å². The van der Waals surface area contributed by atoms with Gasteiger partial charge in [0.15, 0.2) is 0 Å². The molecule has 0 saturated carbocycles. The van der Waals surface area contributed by atoms with Gasteiger partial charge in [0.05, 0.1) is 17.5 Å². The van der Waals surface area contributed by atoms with Crippen molar-refractivity contribution in [2.45, 2.75) is 32.4 Å². The highest BCUT2D eigenvalue weighted by molar-refractivity contribution is 7.13. The van der Waals surface area contributed by atoms with E-state index in [-0.39, 0.29) is 0 Å². The number of hydrogen-bond donors (Lipinski definition) is 1. The van der Waals surface area contributed by atoms with Crippen molar-refractivity contribution in [1.29, 1.82) is 5.26 Å². The molecule has 2 aromatic heterocycles. The van der Waals surface area contributed by atoms with Crippen LogP contribution in [0.5, 0.6) is 0 Å². The first-order valence-electron chi connectivity index (χ1n) is 8.58. The minimum atomic E-state index is 0.636. The molecule has 128 valence electrons. The van der Waals surface area contributed by atoms with Crippen molar-refractivity contribution in [2.75, 3.05) is 6.54 Å². The Morgan fingerprint density at radius 1 is 1.12 bits per heavy atom. The zero-order valence-corrected chi connectivity index (χ0v) is 15.0. The lowest BCUT2D eigenvalue weighted by Gasteiger charge is -2.03. The zero-order valence-electron chi connectivity index (χ0n) is 14.2. The van der Waals surface area contributed by atoms with Crippen molar-refractivity contribution in [2.24, 2.45) is 0 Å². The number of nitrogens with one attached hydrogen (secondary N) is 1. The summed E-state index contributed by atoms with van der Waals surface area (Å²) in [7, 11) is 0. The van der Waals surface area contributed by atoms with Gasteiger partial charge in [-0.15, -0.1) is 11.3 Å². The van der Waals surface area contributed by atoms with Gasteiger partial charge < -0.3 is 5.32 Å². The molecule has 25 heavy (non-hydrogen) atoms. The number of nitrogens with zero attached hydrogens (tertiary/aromatic N) is 3. The summed E-state index contributed by atoms with van der Waals surface area (Å²) in [6.07, 6.45) is 4.76. The quantitative estimate of drug-likeness (QED) is 0.580. The molecule has 0 bridgehead atoms. The molecule has 1 N–H and O–H groups in total. The smallest absolute Gasteiger partial charge is 0.107 e. The van der Waals surface area contributed by atoms with Crippen LogP contribution in [0.25, 0.3) is 10.6 Å². The summed E-state index contributed by atoms with van der Waals surface area (Å²) in [4.78, 5) is 1.20. The number of unbranched alkanes of at least 4 members (excludes halogenated alkanes) is 2. The maximum absolute atomic E-state index is 8.59. The summed E-state index contributed by atoms with van der Waals surface area (Å²) in [5.41, 5.74) is 3.54. The SMILES string of the molecule is N#CCCCCNCc1cn(Cc2ccccc2)nc1-c1cccs1. The van der Waals surface area contributed by atoms with Gasteiger partial charge in [0, 0.05) is 24.7 Å². The van der Waals surface area contributed by atoms with E-state index in [1.807, 2.05) is 10.7 Å². The summed E-state index contributed by atoms with van der Waals surface area (Å²) in [6.45, 7) is 2.51. The van der Waals surface area contributed by atoms with Crippen molar-refractivity contribution < 1.29 is 0 Å². The maximum atomic E-state index is 8.59. The molecule has 0 fully saturated rings. The first-order valence-corrected chi connectivity index (χ1v) is 9.46. The number of aromatic nitrogens is 2. The summed E-state index contributed by atoms with van der Waals surface area (Å²) in [5.74, 6) is 0. The number of nitriles is 1. The van der Waals surface area contributed by atoms with E-state index in [0.29, 0.717) is 6.42 Å². The van der Waals surface area contributed by atoms with Gasteiger partial charge in [0.25, 0.3) is 0 Å². The van der Waals surface area contributed by atoms with E-state index in [2.05, 4.69) is 59.4 Å². The van der Waals surface area contributed by atoms with E-state index < -0.39 is 0 Å². The molecule has 4 nitrogen and oxygen atoms in total. The van der Waals surface area contributed by atoms with Gasteiger partial charge in [-0.1, -0.05) is 36.4 Å². The van der Waals surface area contributed by atoms with Crippen LogP contribution in [0, 0.1) is 11.3 Å². The first-order chi connectivity index (χ1) is 12.4. The second-order valence-corrected chi connectivity index (χ2v) is 6.90. The number of benzene rings is 1. The van der Waals surface area contributed by atoms with Gasteiger partial charge in [-0.3, -0.25) is 4.68 Å². The average molecular weight is 350 g/mol. The Balaban J connectivity index is 1.68. The molecule has 1 aromatic carbocycles. The van der Waals surface area contributed by atoms with Crippen LogP contribution in [-0.4, -0.2) is 16.3 Å². The van der Waals surface area contributed by atoms with Crippen LogP contribution in [0.15, 0.2) is 54.0 Å². The Morgan fingerprint density at radius 2 is 2.00 bits per heavy atom. The maximum Gasteiger partial charge on any atom is 0.107 e. The summed E-state index contributed by atoms with van der Waals surface area (Å²) in [5, 5.41) is 19.0. The fourth-order valence-corrected chi connectivity index (χ4v) is 3.49. The van der Waals surface area contributed by atoms with Gasteiger partial charge >= 0.3 is 0 Å². The van der Waals surface area contributed by atoms with E-state index >= 15 is 0 Å². The van der Waals surface area contributed by atoms with Crippen molar-refractivity contribution in [3.05, 3.63) is 65.2 Å². The van der Waals surface area contributed by atoms with E-state index in [9.17, 15) is 0 Å². The predicted molar refractivity (Wildman–Crippen MR) is 102 cm³/mol. The van der Waals surface area contributed by atoms with Gasteiger partial charge in [-0.25, -0.2) is 0 Å². The Morgan fingerprint density at radius 3 is 2.76 bits per heavy atom. The molecule has 0 amide bonds. The van der Waals surface area contributed by atoms with Crippen LogP contribution < -0.4 is 5.32 Å². The molecule has 0 aliphatic heterocycles. The van der Waals surface area contributed by atoms with Crippen LogP contribution in [0.2, 0.25) is 0 Å². The van der Waals surface area contributed by atoms with E-state index in [1.165, 1.54) is 16.0 Å². The molecule has 3 rings (SSSR count). The number of hydrogen-bond acceptors (Lipinski definition) is 4. The van der Waals surface area contributed by atoms with E-state index in [1.54, 1.807) is 11.3 Å². The second kappa shape index (κ2) is 9.16. The molecule has 0 aliphatic rings. The standard InChI is InChI=1S/C20H22N4S/c21-11-5-2-6-12-22-14-18-16-24(15-17-8-3-1-4-9-17)23-20(18)19-10-7-13-25-19/h1,3-4,7-10,13,16,22H,2,5-6,12,14-15H2. The molecular formula is C20H22N4S. The summed E-state index contributed by atoms with van der Waals surface area (Å²) >= 11 is 1.72. The van der Waals surface area contributed by atoms with Crippen molar-refractivity contribution in [1.82, 2.24) is 15.1 Å². The Bertz CT molecular complexity index is 800. The topological polar surface area (TPSA) is 53.6 Å². The highest BCUT2D eigenvalue weighted by Crippen LogP contribution is 2.27. The summed E-state index contributed by atoms with van der Waals surface area (Å²) < 4.78 is 2.02. The van der Waals surface area contributed by atoms with Gasteiger partial charge in [0.1, 0.15) is 5.69 Å². The normalized spacial score (nSPS) is 10.7. The predicted octanol–water partition coefficient (Wildman–Crippen LogP) is 4.44. The lowest BCUT2D eigenvalue weighted by molar-refractivity contribution is 0.627.